The molecular formula is C7H7BClFO7S2. The average Bonchev–Trinajstić information content (AvgIpc) is 2.10. The van der Waals surface area contributed by atoms with Gasteiger partial charge in [-0.2, -0.15) is 8.42 Å². The van der Waals surface area contributed by atoms with Crippen LogP contribution in [0.25, 0.3) is 0 Å². The monoisotopic (exact) mass is 332 g/mol. The van der Waals surface area contributed by atoms with Crippen LogP contribution in [0.15, 0.2) is 18.2 Å². The van der Waals surface area contributed by atoms with Crippen molar-refractivity contribution in [2.24, 2.45) is 0 Å². The first-order valence-electron chi connectivity index (χ1n) is 4.53. The first-order valence-corrected chi connectivity index (χ1v) is 8.31. The Balaban J connectivity index is 3.25. The van der Waals surface area contributed by atoms with Gasteiger partial charge in [0.25, 0.3) is 0 Å². The number of hydrogen-bond donors (Lipinski definition) is 2. The fourth-order valence-corrected chi connectivity index (χ4v) is 2.55. The van der Waals surface area contributed by atoms with Crippen molar-refractivity contribution in [3.8, 4) is 5.75 Å². The molecule has 7 nitrogen and oxygen atoms in total. The Labute approximate surface area is 113 Å². The third-order valence-corrected chi connectivity index (χ3v) is 3.22. The van der Waals surface area contributed by atoms with Gasteiger partial charge in [0, 0.05) is 10.7 Å². The zero-order chi connectivity index (χ0) is 14.8. The summed E-state index contributed by atoms with van der Waals surface area (Å²) in [5.74, 6) is -1.33. The first-order chi connectivity index (χ1) is 8.46. The normalized spacial score (nSPS) is 12.2. The van der Waals surface area contributed by atoms with Crippen LogP contribution in [-0.4, -0.2) is 34.0 Å². The summed E-state index contributed by atoms with van der Waals surface area (Å²) in [7, 11) is -6.32. The van der Waals surface area contributed by atoms with Gasteiger partial charge in [-0.1, -0.05) is 9.95 Å². The van der Waals surface area contributed by atoms with Crippen LogP contribution in [0.5, 0.6) is 5.75 Å². The van der Waals surface area contributed by atoms with Crippen LogP contribution in [0.1, 0.15) is 5.56 Å². The summed E-state index contributed by atoms with van der Waals surface area (Å²) in [4.78, 5) is 0. The molecule has 1 aromatic carbocycles. The lowest BCUT2D eigenvalue weighted by molar-refractivity contribution is 0.423. The second-order valence-corrected chi connectivity index (χ2v) is 7.17. The van der Waals surface area contributed by atoms with E-state index in [1.807, 2.05) is 0 Å². The predicted molar refractivity (Wildman–Crippen MR) is 65.4 cm³/mol. The molecule has 0 spiro atoms. The Bertz CT molecular complexity index is 620. The molecule has 106 valence electrons. The van der Waals surface area contributed by atoms with Gasteiger partial charge < -0.3 is 14.2 Å². The second kappa shape index (κ2) is 5.63. The van der Waals surface area contributed by atoms with E-state index in [4.69, 9.17) is 20.7 Å². The maximum atomic E-state index is 12.4. The fraction of sp³-hybridized carbons (Fsp3) is 0.143. The molecule has 0 saturated carbocycles. The average molecular weight is 333 g/mol. The lowest BCUT2D eigenvalue weighted by Gasteiger charge is -2.07. The fourth-order valence-electron chi connectivity index (χ4n) is 1.28. The highest BCUT2D eigenvalue weighted by Gasteiger charge is 2.18. The van der Waals surface area contributed by atoms with Crippen LogP contribution in [0.3, 0.4) is 0 Å². The Morgan fingerprint density at radius 2 is 1.79 bits per heavy atom. The number of halogens is 2. The van der Waals surface area contributed by atoms with E-state index in [9.17, 15) is 20.7 Å². The molecule has 0 aliphatic carbocycles. The molecule has 0 atom stereocenters. The van der Waals surface area contributed by atoms with Gasteiger partial charge in [0.1, 0.15) is 5.75 Å². The van der Waals surface area contributed by atoms with Crippen molar-refractivity contribution in [3.05, 3.63) is 23.8 Å². The summed E-state index contributed by atoms with van der Waals surface area (Å²) in [6, 6.07) is 2.76. The van der Waals surface area contributed by atoms with Gasteiger partial charge in [-0.25, -0.2) is 8.42 Å². The molecule has 19 heavy (non-hydrogen) atoms. The predicted octanol–water partition coefficient (Wildman–Crippen LogP) is -0.972. The standard InChI is InChI=1S/C7H7BClFO7S2/c9-18(13,14)4-5-1-6(8(11)12)3-7(2-5)17-19(10,15)16/h1-3,11-12H,4H2. The smallest absolute Gasteiger partial charge is 0.423 e. The van der Waals surface area contributed by atoms with Gasteiger partial charge in [-0.3, -0.25) is 0 Å². The molecule has 0 fully saturated rings. The highest BCUT2D eigenvalue weighted by atomic mass is 35.7. The molecule has 0 aromatic heterocycles. The van der Waals surface area contributed by atoms with Crippen LogP contribution in [0.4, 0.5) is 3.89 Å². The first kappa shape index (κ1) is 16.2. The van der Waals surface area contributed by atoms with Gasteiger partial charge in [-0.05, 0) is 23.2 Å². The van der Waals surface area contributed by atoms with E-state index in [1.165, 1.54) is 0 Å². The molecule has 0 aliphatic heterocycles. The van der Waals surface area contributed by atoms with Crippen molar-refractivity contribution >= 4 is 42.8 Å². The Hall–Kier alpha value is -0.875. The van der Waals surface area contributed by atoms with Crippen molar-refractivity contribution in [2.45, 2.75) is 5.75 Å². The number of rotatable bonds is 5. The summed E-state index contributed by atoms with van der Waals surface area (Å²) in [5.41, 5.74) is -0.379. The zero-order valence-corrected chi connectivity index (χ0v) is 11.4. The number of hydrogen-bond acceptors (Lipinski definition) is 7. The molecule has 0 heterocycles. The molecule has 1 aromatic rings. The zero-order valence-electron chi connectivity index (χ0n) is 9.02. The van der Waals surface area contributed by atoms with Crippen LogP contribution < -0.4 is 9.65 Å². The van der Waals surface area contributed by atoms with Crippen LogP contribution in [0.2, 0.25) is 0 Å². The summed E-state index contributed by atoms with van der Waals surface area (Å²) < 4.78 is 58.7. The molecular weight excluding hydrogens is 325 g/mol. The molecule has 2 N–H and O–H groups in total. The summed E-state index contributed by atoms with van der Waals surface area (Å²) >= 11 is 0. The largest absolute Gasteiger partial charge is 0.488 e. The van der Waals surface area contributed by atoms with Gasteiger partial charge in [0.15, 0.2) is 0 Å². The minimum absolute atomic E-state index is 0.0979. The third kappa shape index (κ3) is 6.21. The minimum atomic E-state index is -5.33. The SMILES string of the molecule is O=S(=O)(Cl)Cc1cc(OS(=O)(=O)F)cc(B(O)O)c1. The van der Waals surface area contributed by atoms with Crippen molar-refractivity contribution in [2.75, 3.05) is 0 Å². The van der Waals surface area contributed by atoms with Crippen LogP contribution >= 0.6 is 10.7 Å². The maximum absolute atomic E-state index is 12.4. The second-order valence-electron chi connectivity index (χ2n) is 3.44. The molecule has 0 amide bonds. The quantitative estimate of drug-likeness (QED) is 0.526. The van der Waals surface area contributed by atoms with Crippen LogP contribution in [-0.2, 0) is 25.3 Å². The van der Waals surface area contributed by atoms with E-state index < -0.39 is 38.2 Å². The van der Waals surface area contributed by atoms with E-state index >= 15 is 0 Å². The van der Waals surface area contributed by atoms with Crippen molar-refractivity contribution < 1.29 is 35.0 Å². The molecule has 0 saturated heterocycles. The molecule has 1 rings (SSSR count). The lowest BCUT2D eigenvalue weighted by atomic mass is 9.79. The number of benzene rings is 1. The highest BCUT2D eigenvalue weighted by Crippen LogP contribution is 2.18. The Morgan fingerprint density at radius 1 is 1.21 bits per heavy atom. The Morgan fingerprint density at radius 3 is 2.21 bits per heavy atom. The topological polar surface area (TPSA) is 118 Å². The van der Waals surface area contributed by atoms with E-state index in [0.717, 1.165) is 18.2 Å². The van der Waals surface area contributed by atoms with Gasteiger partial charge >= 0.3 is 17.6 Å². The Kier molecular flexibility index (Phi) is 4.79. The molecule has 0 radical (unpaired) electrons. The van der Waals surface area contributed by atoms with E-state index in [1.54, 1.807) is 0 Å². The van der Waals surface area contributed by atoms with Gasteiger partial charge in [0.2, 0.25) is 9.05 Å². The molecule has 0 aliphatic rings. The van der Waals surface area contributed by atoms with Crippen molar-refractivity contribution in [1.29, 1.82) is 0 Å². The molecule has 12 heteroatoms. The highest BCUT2D eigenvalue weighted by molar-refractivity contribution is 8.13. The van der Waals surface area contributed by atoms with E-state index in [2.05, 4.69) is 4.18 Å². The minimum Gasteiger partial charge on any atom is -0.423 e. The van der Waals surface area contributed by atoms with Gasteiger partial charge in [-0.15, -0.1) is 0 Å². The summed E-state index contributed by atoms with van der Waals surface area (Å²) in [6.07, 6.45) is 0. The van der Waals surface area contributed by atoms with E-state index in [-0.39, 0.29) is 11.0 Å². The third-order valence-electron chi connectivity index (χ3n) is 1.82. The van der Waals surface area contributed by atoms with E-state index in [0.29, 0.717) is 0 Å². The summed E-state index contributed by atoms with van der Waals surface area (Å²) in [6.45, 7) is 0. The molecule has 0 unspecified atom stereocenters. The summed E-state index contributed by atoms with van der Waals surface area (Å²) in [5, 5.41) is 17.9. The van der Waals surface area contributed by atoms with Crippen molar-refractivity contribution in [3.63, 3.8) is 0 Å². The lowest BCUT2D eigenvalue weighted by Crippen LogP contribution is -2.30. The van der Waals surface area contributed by atoms with Crippen molar-refractivity contribution in [1.82, 2.24) is 0 Å². The molecule has 0 bridgehead atoms. The maximum Gasteiger partial charge on any atom is 0.488 e. The van der Waals surface area contributed by atoms with Gasteiger partial charge in [0.05, 0.1) is 5.75 Å². The van der Waals surface area contributed by atoms with Crippen LogP contribution in [0, 0.1) is 0 Å².